The van der Waals surface area contributed by atoms with E-state index in [9.17, 15) is 34.5 Å². The third kappa shape index (κ3) is 11.8. The van der Waals surface area contributed by atoms with E-state index in [0.717, 1.165) is 10.5 Å². The standard InChI is InChI=1S/C49H72FNO12/c1-10-34-22-28(3)43(50)29(4)23-41(59-8)45-42(60-9)24-31(6)49(58,63-45)46(55)47(56)51-20-12-11-13-36(51)48(57)62-44(32(7)38(53)26-39(34)54)30(5)21-33-16-19-37(52)40(25-33)61-35-17-14-27(2)15-18-35/h14-15,17-18,21-22,29,31-34,36-38,40-45,52-53,58H,10-13,16,19-20,23-26H2,1-9H3/b28-22+,30-21?. The molecule has 3 heterocycles. The maximum absolute atomic E-state index is 16.3. The number of rotatable bonds is 7. The van der Waals surface area contributed by atoms with E-state index in [1.165, 1.54) is 14.2 Å². The lowest BCUT2D eigenvalue weighted by Gasteiger charge is -2.47. The third-order valence-corrected chi connectivity index (χ3v) is 14.1. The molecule has 63 heavy (non-hydrogen) atoms. The summed E-state index contributed by atoms with van der Waals surface area (Å²) in [7, 11) is 2.88. The molecule has 1 aromatic carbocycles. The van der Waals surface area contributed by atoms with Crippen LogP contribution in [-0.2, 0) is 38.1 Å². The summed E-state index contributed by atoms with van der Waals surface area (Å²) in [5.41, 5.74) is 2.01. The van der Waals surface area contributed by atoms with Crippen LogP contribution in [0.4, 0.5) is 4.39 Å². The van der Waals surface area contributed by atoms with E-state index in [1.54, 1.807) is 40.7 Å². The smallest absolute Gasteiger partial charge is 0.329 e. The predicted molar refractivity (Wildman–Crippen MR) is 233 cm³/mol. The van der Waals surface area contributed by atoms with Crippen molar-refractivity contribution in [3.63, 3.8) is 0 Å². The van der Waals surface area contributed by atoms with Crippen molar-refractivity contribution in [3.8, 4) is 5.75 Å². The Morgan fingerprint density at radius 3 is 2.24 bits per heavy atom. The molecule has 0 aromatic heterocycles. The van der Waals surface area contributed by atoms with Gasteiger partial charge in [-0.3, -0.25) is 14.4 Å². The second-order valence-corrected chi connectivity index (χ2v) is 18.8. The van der Waals surface area contributed by atoms with E-state index in [4.69, 9.17) is 23.7 Å². The van der Waals surface area contributed by atoms with Gasteiger partial charge >= 0.3 is 5.97 Å². The Hall–Kier alpha value is -3.53. The fraction of sp³-hybridized carbons (Fsp3) is 0.714. The number of alkyl halides is 1. The highest BCUT2D eigenvalue weighted by molar-refractivity contribution is 6.39. The van der Waals surface area contributed by atoms with Crippen molar-refractivity contribution in [2.75, 3.05) is 20.8 Å². The first-order valence-electron chi connectivity index (χ1n) is 23.0. The molecule has 352 valence electrons. The molecule has 5 rings (SSSR count). The van der Waals surface area contributed by atoms with Gasteiger partial charge in [-0.2, -0.15) is 0 Å². The van der Waals surface area contributed by atoms with Gasteiger partial charge in [-0.15, -0.1) is 0 Å². The number of cyclic esters (lactones) is 1. The van der Waals surface area contributed by atoms with Gasteiger partial charge in [0.15, 0.2) is 0 Å². The number of hydrogen-bond acceptors (Lipinski definition) is 12. The van der Waals surface area contributed by atoms with E-state index < -0.39 is 102 Å². The van der Waals surface area contributed by atoms with Crippen LogP contribution in [0, 0.1) is 36.5 Å². The molecule has 3 fully saturated rings. The first kappa shape index (κ1) is 50.5. The van der Waals surface area contributed by atoms with E-state index in [0.29, 0.717) is 55.4 Å². The summed E-state index contributed by atoms with van der Waals surface area (Å²) < 4.78 is 46.6. The zero-order chi connectivity index (χ0) is 46.3. The van der Waals surface area contributed by atoms with Crippen LogP contribution in [0.5, 0.6) is 5.75 Å². The molecule has 4 aliphatic rings. The molecule has 13 nitrogen and oxygen atoms in total. The average Bonchev–Trinajstić information content (AvgIpc) is 3.27. The Kier molecular flexibility index (Phi) is 17.7. The molecule has 1 saturated carbocycles. The Morgan fingerprint density at radius 2 is 1.59 bits per heavy atom. The number of amides is 1. The van der Waals surface area contributed by atoms with Crippen LogP contribution < -0.4 is 4.74 Å². The highest BCUT2D eigenvalue weighted by Gasteiger charge is 2.57. The number of fused-ring (bicyclic) bond motifs is 3. The first-order chi connectivity index (χ1) is 29.8. The molecule has 3 N–H and O–H groups in total. The number of carbonyl (C=O) groups excluding carboxylic acids is 4. The maximum atomic E-state index is 16.3. The molecule has 0 spiro atoms. The number of Topliss-reactive ketones (excluding diaryl/α,β-unsaturated/α-hetero) is 2. The second kappa shape index (κ2) is 22.1. The summed E-state index contributed by atoms with van der Waals surface area (Å²) in [5, 5.41) is 34.8. The minimum Gasteiger partial charge on any atom is -0.488 e. The number of halogens is 1. The molecule has 0 radical (unpaired) electrons. The fourth-order valence-electron chi connectivity index (χ4n) is 9.96. The van der Waals surface area contributed by atoms with Crippen molar-refractivity contribution in [1.82, 2.24) is 4.90 Å². The van der Waals surface area contributed by atoms with E-state index in [2.05, 4.69) is 0 Å². The van der Waals surface area contributed by atoms with Gasteiger partial charge in [-0.1, -0.05) is 57.5 Å². The molecule has 15 unspecified atom stereocenters. The van der Waals surface area contributed by atoms with E-state index >= 15 is 4.39 Å². The lowest BCUT2D eigenvalue weighted by molar-refractivity contribution is -0.302. The molecular formula is C49H72FNO12. The molecule has 15 atom stereocenters. The Balaban J connectivity index is 1.52. The summed E-state index contributed by atoms with van der Waals surface area (Å²) in [6, 6.07) is 6.40. The van der Waals surface area contributed by atoms with Crippen molar-refractivity contribution in [2.45, 2.75) is 173 Å². The summed E-state index contributed by atoms with van der Waals surface area (Å²) in [5.74, 6) is -8.62. The monoisotopic (exact) mass is 886 g/mol. The number of ketones is 2. The molecule has 14 heteroatoms. The lowest BCUT2D eigenvalue weighted by Crippen LogP contribution is -2.64. The molecule has 1 aromatic rings. The van der Waals surface area contributed by atoms with Crippen LogP contribution in [0.15, 0.2) is 47.6 Å². The average molecular weight is 886 g/mol. The largest absolute Gasteiger partial charge is 0.488 e. The Labute approximate surface area is 372 Å². The maximum Gasteiger partial charge on any atom is 0.329 e. The van der Waals surface area contributed by atoms with Crippen LogP contribution in [0.2, 0.25) is 0 Å². The number of benzene rings is 1. The summed E-state index contributed by atoms with van der Waals surface area (Å²) in [6.45, 7) is 12.2. The molecule has 2 saturated heterocycles. The fourth-order valence-corrected chi connectivity index (χ4v) is 9.96. The van der Waals surface area contributed by atoms with Crippen molar-refractivity contribution >= 4 is 23.4 Å². The number of aryl methyl sites for hydroxylation is 1. The number of ether oxygens (including phenoxy) is 5. The van der Waals surface area contributed by atoms with E-state index in [1.807, 2.05) is 44.2 Å². The van der Waals surface area contributed by atoms with Gasteiger partial charge in [0.25, 0.3) is 11.7 Å². The predicted octanol–water partition coefficient (Wildman–Crippen LogP) is 6.16. The van der Waals surface area contributed by atoms with Crippen molar-refractivity contribution in [1.29, 1.82) is 0 Å². The number of piperidine rings is 1. The van der Waals surface area contributed by atoms with Crippen LogP contribution >= 0.6 is 0 Å². The molecule has 1 amide bonds. The third-order valence-electron chi connectivity index (χ3n) is 14.1. The van der Waals surface area contributed by atoms with Crippen LogP contribution in [0.25, 0.3) is 0 Å². The van der Waals surface area contributed by atoms with Gasteiger partial charge in [0.05, 0.1) is 24.4 Å². The summed E-state index contributed by atoms with van der Waals surface area (Å²) in [4.78, 5) is 58.1. The van der Waals surface area contributed by atoms with Gasteiger partial charge in [-0.05, 0) is 114 Å². The number of carbonyl (C=O) groups is 4. The van der Waals surface area contributed by atoms with Crippen LogP contribution in [-0.4, -0.2) is 125 Å². The minimum atomic E-state index is -2.61. The second-order valence-electron chi connectivity index (χ2n) is 18.8. The number of nitrogens with zero attached hydrogens (tertiary/aromatic N) is 1. The highest BCUT2D eigenvalue weighted by Crippen LogP contribution is 2.40. The number of hydrogen-bond donors (Lipinski definition) is 3. The Morgan fingerprint density at radius 1 is 0.921 bits per heavy atom. The van der Waals surface area contributed by atoms with E-state index in [-0.39, 0.29) is 43.9 Å². The van der Waals surface area contributed by atoms with Gasteiger partial charge in [0.1, 0.15) is 42.1 Å². The quantitative estimate of drug-likeness (QED) is 0.162. The summed E-state index contributed by atoms with van der Waals surface area (Å²) in [6.07, 6.45) is -1.06. The first-order valence-corrected chi connectivity index (χ1v) is 23.0. The Bertz CT molecular complexity index is 1800. The van der Waals surface area contributed by atoms with Gasteiger partial charge < -0.3 is 43.9 Å². The zero-order valence-electron chi connectivity index (χ0n) is 38.7. The van der Waals surface area contributed by atoms with Crippen molar-refractivity contribution in [2.24, 2.45) is 29.6 Å². The normalized spacial score (nSPS) is 39.3. The minimum absolute atomic E-state index is 0.0404. The summed E-state index contributed by atoms with van der Waals surface area (Å²) >= 11 is 0. The molecule has 3 aliphatic heterocycles. The number of aliphatic hydroxyl groups excluding tert-OH is 2. The number of allylic oxidation sites excluding steroid dienone is 3. The van der Waals surface area contributed by atoms with Crippen LogP contribution in [0.3, 0.4) is 0 Å². The van der Waals surface area contributed by atoms with Gasteiger partial charge in [0, 0.05) is 44.9 Å². The van der Waals surface area contributed by atoms with Gasteiger partial charge in [-0.25, -0.2) is 9.18 Å². The molecule has 1 aliphatic carbocycles. The number of esters is 1. The van der Waals surface area contributed by atoms with Crippen LogP contribution in [0.1, 0.15) is 111 Å². The molecular weight excluding hydrogens is 814 g/mol. The van der Waals surface area contributed by atoms with Crippen molar-refractivity contribution < 1.29 is 62.6 Å². The topological polar surface area (TPSA) is 178 Å². The molecule has 2 bridgehead atoms. The van der Waals surface area contributed by atoms with Crippen molar-refractivity contribution in [3.05, 3.63) is 53.1 Å². The zero-order valence-corrected chi connectivity index (χ0v) is 38.7. The highest BCUT2D eigenvalue weighted by atomic mass is 19.1. The number of aliphatic hydroxyl groups is 3. The number of methoxy groups -OCH3 is 2. The lowest BCUT2D eigenvalue weighted by atomic mass is 9.81. The SMILES string of the molecule is CCC1/C=C(\C)C(F)C(C)CC(OC)C2OC(O)(C(=O)C(=O)N3CCCCC3C(=O)OC(C(C)=CC3CCC(O)C(Oc4ccc(C)cc4)C3)C(C)C(O)CC1=O)C(C)CC2OC. The van der Waals surface area contributed by atoms with Gasteiger partial charge in [0.2, 0.25) is 5.79 Å².